The number of thioether (sulfide) groups is 1. The molecule has 0 saturated carbocycles. The van der Waals surface area contributed by atoms with E-state index in [1.807, 2.05) is 12.1 Å². The van der Waals surface area contributed by atoms with Gasteiger partial charge in [-0.15, -0.1) is 0 Å². The molecule has 0 atom stereocenters. The fraction of sp³-hybridized carbons (Fsp3) is 0.214. The Hall–Kier alpha value is -1.95. The number of urea groups is 1. The van der Waals surface area contributed by atoms with Gasteiger partial charge in [0.1, 0.15) is 11.6 Å². The predicted octanol–water partition coefficient (Wildman–Crippen LogP) is 3.47. The zero-order chi connectivity index (χ0) is 14.2. The predicted molar refractivity (Wildman–Crippen MR) is 78.3 cm³/mol. The van der Waals surface area contributed by atoms with Gasteiger partial charge in [0.25, 0.3) is 0 Å². The molecular weight excluding hydrogens is 279 g/mol. The van der Waals surface area contributed by atoms with Gasteiger partial charge in [-0.1, -0.05) is 0 Å². The van der Waals surface area contributed by atoms with E-state index in [0.29, 0.717) is 12.2 Å². The number of benzene rings is 1. The molecule has 0 aliphatic carbocycles. The van der Waals surface area contributed by atoms with Crippen molar-refractivity contribution in [2.75, 3.05) is 17.6 Å². The first-order chi connectivity index (χ1) is 9.74. The van der Waals surface area contributed by atoms with Crippen molar-refractivity contribution >= 4 is 23.5 Å². The van der Waals surface area contributed by atoms with E-state index in [4.69, 9.17) is 4.42 Å². The molecule has 0 fully saturated rings. The van der Waals surface area contributed by atoms with E-state index in [1.165, 1.54) is 24.3 Å². The molecule has 4 nitrogen and oxygen atoms in total. The van der Waals surface area contributed by atoms with Gasteiger partial charge in [0.2, 0.25) is 0 Å². The van der Waals surface area contributed by atoms with Crippen molar-refractivity contribution in [2.24, 2.45) is 0 Å². The number of amides is 2. The van der Waals surface area contributed by atoms with Gasteiger partial charge in [-0.2, -0.15) is 11.8 Å². The molecule has 0 unspecified atom stereocenters. The molecule has 2 rings (SSSR count). The second-order valence-electron chi connectivity index (χ2n) is 4.02. The molecule has 2 amide bonds. The normalized spacial score (nSPS) is 10.2. The average molecular weight is 294 g/mol. The lowest BCUT2D eigenvalue weighted by molar-refractivity contribution is 0.252. The lowest BCUT2D eigenvalue weighted by Crippen LogP contribution is -2.30. The Morgan fingerprint density at radius 1 is 1.25 bits per heavy atom. The Morgan fingerprint density at radius 2 is 2.05 bits per heavy atom. The summed E-state index contributed by atoms with van der Waals surface area (Å²) in [6.45, 7) is 0.554. The van der Waals surface area contributed by atoms with E-state index in [9.17, 15) is 9.18 Å². The molecule has 20 heavy (non-hydrogen) atoms. The van der Waals surface area contributed by atoms with Gasteiger partial charge < -0.3 is 15.1 Å². The third-order valence-electron chi connectivity index (χ3n) is 2.46. The van der Waals surface area contributed by atoms with E-state index in [-0.39, 0.29) is 11.8 Å². The van der Waals surface area contributed by atoms with Crippen molar-refractivity contribution in [1.82, 2.24) is 5.32 Å². The Morgan fingerprint density at radius 3 is 2.75 bits per heavy atom. The topological polar surface area (TPSA) is 54.3 Å². The van der Waals surface area contributed by atoms with Crippen LogP contribution in [0.5, 0.6) is 0 Å². The summed E-state index contributed by atoms with van der Waals surface area (Å²) in [7, 11) is 0. The molecule has 0 radical (unpaired) electrons. The number of rotatable bonds is 6. The average Bonchev–Trinajstić information content (AvgIpc) is 2.94. The van der Waals surface area contributed by atoms with Crippen molar-refractivity contribution in [1.29, 1.82) is 0 Å². The van der Waals surface area contributed by atoms with Crippen molar-refractivity contribution in [3.63, 3.8) is 0 Å². The second kappa shape index (κ2) is 7.59. The summed E-state index contributed by atoms with van der Waals surface area (Å²) in [5.41, 5.74) is 0.562. The third-order valence-corrected chi connectivity index (χ3v) is 3.44. The van der Waals surface area contributed by atoms with Gasteiger partial charge in [0.15, 0.2) is 0 Å². The SMILES string of the molecule is O=C(NCCSCc1ccco1)Nc1ccc(F)cc1. The van der Waals surface area contributed by atoms with Crippen LogP contribution in [0.2, 0.25) is 0 Å². The summed E-state index contributed by atoms with van der Waals surface area (Å²) >= 11 is 1.68. The molecule has 6 heteroatoms. The van der Waals surface area contributed by atoms with Crippen molar-refractivity contribution in [2.45, 2.75) is 5.75 Å². The van der Waals surface area contributed by atoms with E-state index < -0.39 is 0 Å². The minimum absolute atomic E-state index is 0.296. The molecule has 1 aromatic carbocycles. The smallest absolute Gasteiger partial charge is 0.319 e. The molecule has 1 heterocycles. The van der Waals surface area contributed by atoms with Gasteiger partial charge in [-0.05, 0) is 36.4 Å². The van der Waals surface area contributed by atoms with E-state index in [2.05, 4.69) is 10.6 Å². The quantitative estimate of drug-likeness (QED) is 0.802. The molecule has 0 aliphatic heterocycles. The first-order valence-corrected chi connectivity index (χ1v) is 7.30. The molecular formula is C14H15FN2O2S. The lowest BCUT2D eigenvalue weighted by atomic mass is 10.3. The van der Waals surface area contributed by atoms with E-state index in [0.717, 1.165) is 17.3 Å². The van der Waals surface area contributed by atoms with Crippen LogP contribution in [0.1, 0.15) is 5.76 Å². The number of carbonyl (C=O) groups is 1. The van der Waals surface area contributed by atoms with Crippen LogP contribution < -0.4 is 10.6 Å². The number of nitrogens with one attached hydrogen (secondary N) is 2. The minimum Gasteiger partial charge on any atom is -0.468 e. The summed E-state index contributed by atoms with van der Waals surface area (Å²) in [4.78, 5) is 11.5. The highest BCUT2D eigenvalue weighted by atomic mass is 32.2. The van der Waals surface area contributed by atoms with Gasteiger partial charge in [-0.25, -0.2) is 9.18 Å². The van der Waals surface area contributed by atoms with Gasteiger partial charge in [0, 0.05) is 18.0 Å². The summed E-state index contributed by atoms with van der Waals surface area (Å²) in [6, 6.07) is 9.10. The van der Waals surface area contributed by atoms with Crippen LogP contribution in [0.3, 0.4) is 0 Å². The monoisotopic (exact) mass is 294 g/mol. The molecule has 0 saturated heterocycles. The van der Waals surface area contributed by atoms with Gasteiger partial charge in [-0.3, -0.25) is 0 Å². The Kier molecular flexibility index (Phi) is 5.49. The minimum atomic E-state index is -0.328. The summed E-state index contributed by atoms with van der Waals surface area (Å²) in [6.07, 6.45) is 1.64. The fourth-order valence-electron chi connectivity index (χ4n) is 1.51. The Balaban J connectivity index is 1.59. The van der Waals surface area contributed by atoms with Gasteiger partial charge >= 0.3 is 6.03 Å². The number of halogens is 1. The van der Waals surface area contributed by atoms with Crippen molar-refractivity contribution < 1.29 is 13.6 Å². The molecule has 2 aromatic rings. The van der Waals surface area contributed by atoms with Crippen LogP contribution in [0.15, 0.2) is 47.1 Å². The summed E-state index contributed by atoms with van der Waals surface area (Å²) < 4.78 is 17.9. The highest BCUT2D eigenvalue weighted by Gasteiger charge is 2.01. The van der Waals surface area contributed by atoms with Crippen LogP contribution in [0, 0.1) is 5.82 Å². The Bertz CT molecular complexity index is 529. The third kappa shape index (κ3) is 4.97. The summed E-state index contributed by atoms with van der Waals surface area (Å²) in [5.74, 6) is 2.17. The number of hydrogen-bond donors (Lipinski definition) is 2. The molecule has 0 bridgehead atoms. The standard InChI is InChI=1S/C14H15FN2O2S/c15-11-3-5-12(6-4-11)17-14(18)16-7-9-20-10-13-2-1-8-19-13/h1-6,8H,7,9-10H2,(H2,16,17,18). The largest absolute Gasteiger partial charge is 0.468 e. The first-order valence-electron chi connectivity index (χ1n) is 6.14. The van der Waals surface area contributed by atoms with Crippen molar-refractivity contribution in [3.8, 4) is 0 Å². The van der Waals surface area contributed by atoms with Crippen LogP contribution in [0.4, 0.5) is 14.9 Å². The number of anilines is 1. The Labute approximate surface area is 120 Å². The van der Waals surface area contributed by atoms with Crippen LogP contribution in [0.25, 0.3) is 0 Å². The number of hydrogen-bond acceptors (Lipinski definition) is 3. The molecule has 0 aliphatic rings. The van der Waals surface area contributed by atoms with Crippen LogP contribution in [-0.4, -0.2) is 18.3 Å². The molecule has 0 spiro atoms. The van der Waals surface area contributed by atoms with Crippen molar-refractivity contribution in [3.05, 3.63) is 54.2 Å². The van der Waals surface area contributed by atoms with Gasteiger partial charge in [0.05, 0.1) is 12.0 Å². The highest BCUT2D eigenvalue weighted by Crippen LogP contribution is 2.11. The molecule has 106 valence electrons. The zero-order valence-electron chi connectivity index (χ0n) is 10.8. The van der Waals surface area contributed by atoms with E-state index >= 15 is 0 Å². The van der Waals surface area contributed by atoms with Crippen LogP contribution in [-0.2, 0) is 5.75 Å². The molecule has 2 N–H and O–H groups in total. The highest BCUT2D eigenvalue weighted by molar-refractivity contribution is 7.98. The van der Waals surface area contributed by atoms with Crippen LogP contribution >= 0.6 is 11.8 Å². The molecule has 1 aromatic heterocycles. The number of carbonyl (C=O) groups excluding carboxylic acids is 1. The maximum atomic E-state index is 12.7. The second-order valence-corrected chi connectivity index (χ2v) is 5.12. The fourth-order valence-corrected chi connectivity index (χ4v) is 2.27. The first kappa shape index (κ1) is 14.5. The lowest BCUT2D eigenvalue weighted by Gasteiger charge is -2.07. The maximum absolute atomic E-state index is 12.7. The van der Waals surface area contributed by atoms with E-state index in [1.54, 1.807) is 18.0 Å². The summed E-state index contributed by atoms with van der Waals surface area (Å²) in [5, 5.41) is 5.36. The number of furan rings is 1. The maximum Gasteiger partial charge on any atom is 0.319 e. The zero-order valence-corrected chi connectivity index (χ0v) is 11.6.